The summed E-state index contributed by atoms with van der Waals surface area (Å²) in [5, 5.41) is 0. The van der Waals surface area contributed by atoms with Gasteiger partial charge in [-0.15, -0.1) is 0 Å². The number of piperidine rings is 1. The molecule has 0 radical (unpaired) electrons. The second-order valence-electron chi connectivity index (χ2n) is 5.96. The molecule has 0 spiro atoms. The van der Waals surface area contributed by atoms with E-state index in [0.29, 0.717) is 18.6 Å². The molecule has 2 rings (SSSR count). The molecule has 0 bridgehead atoms. The number of carbonyl (C=O) groups excluding carboxylic acids is 1. The molecule has 5 heteroatoms. The summed E-state index contributed by atoms with van der Waals surface area (Å²) >= 11 is 0. The van der Waals surface area contributed by atoms with Crippen LogP contribution in [0.25, 0.3) is 0 Å². The molecule has 0 aromatic carbocycles. The second-order valence-corrected chi connectivity index (χ2v) is 5.96. The first kappa shape index (κ1) is 15.7. The fourth-order valence-electron chi connectivity index (χ4n) is 3.12. The van der Waals surface area contributed by atoms with E-state index in [2.05, 4.69) is 11.8 Å². The molecule has 2 N–H and O–H groups in total. The zero-order valence-electron chi connectivity index (χ0n) is 12.7. The number of nitrogens with two attached hydrogens (primary N) is 1. The minimum atomic E-state index is 0.0260. The topological polar surface area (TPSA) is 58.8 Å². The van der Waals surface area contributed by atoms with Gasteiger partial charge in [0.2, 0.25) is 5.91 Å². The molecule has 2 aliphatic heterocycles. The van der Waals surface area contributed by atoms with Crippen LogP contribution >= 0.6 is 0 Å². The smallest absolute Gasteiger partial charge is 0.239 e. The molecule has 0 saturated carbocycles. The molecule has 2 aliphatic rings. The number of nitrogens with zero attached hydrogens (tertiary/aromatic N) is 2. The highest BCUT2D eigenvalue weighted by molar-refractivity contribution is 5.81. The minimum Gasteiger partial charge on any atom is -0.378 e. The van der Waals surface area contributed by atoms with Gasteiger partial charge in [0.05, 0.1) is 12.1 Å². The fourth-order valence-corrected chi connectivity index (χ4v) is 3.12. The summed E-state index contributed by atoms with van der Waals surface area (Å²) in [6, 6.07) is 0.0260. The zero-order chi connectivity index (χ0) is 14.4. The van der Waals surface area contributed by atoms with Gasteiger partial charge in [0.1, 0.15) is 0 Å². The van der Waals surface area contributed by atoms with E-state index in [0.717, 1.165) is 64.9 Å². The molecule has 0 aliphatic carbocycles. The summed E-state index contributed by atoms with van der Waals surface area (Å²) in [4.78, 5) is 16.7. The van der Waals surface area contributed by atoms with E-state index in [1.807, 2.05) is 4.90 Å². The van der Waals surface area contributed by atoms with Crippen molar-refractivity contribution in [3.8, 4) is 0 Å². The molecule has 20 heavy (non-hydrogen) atoms. The summed E-state index contributed by atoms with van der Waals surface area (Å²) in [7, 11) is 0. The first-order chi connectivity index (χ1) is 9.72. The second kappa shape index (κ2) is 7.96. The van der Waals surface area contributed by atoms with Crippen LogP contribution in [0.4, 0.5) is 0 Å². The van der Waals surface area contributed by atoms with Crippen molar-refractivity contribution in [2.45, 2.75) is 51.2 Å². The quantitative estimate of drug-likeness (QED) is 0.734. The van der Waals surface area contributed by atoms with Crippen molar-refractivity contribution in [1.82, 2.24) is 9.80 Å². The number of ether oxygens (including phenoxy) is 1. The first-order valence-corrected chi connectivity index (χ1v) is 8.07. The number of carbonyl (C=O) groups is 1. The lowest BCUT2D eigenvalue weighted by molar-refractivity contribution is -0.136. The monoisotopic (exact) mass is 283 g/mol. The van der Waals surface area contributed by atoms with Crippen LogP contribution < -0.4 is 5.73 Å². The van der Waals surface area contributed by atoms with E-state index >= 15 is 0 Å². The summed E-state index contributed by atoms with van der Waals surface area (Å²) in [5.41, 5.74) is 5.47. The summed E-state index contributed by atoms with van der Waals surface area (Å²) < 4.78 is 5.81. The van der Waals surface area contributed by atoms with E-state index in [1.54, 1.807) is 0 Å². The molecule has 1 atom stereocenters. The van der Waals surface area contributed by atoms with Gasteiger partial charge >= 0.3 is 0 Å². The van der Waals surface area contributed by atoms with Gasteiger partial charge in [-0.3, -0.25) is 9.69 Å². The van der Waals surface area contributed by atoms with Crippen LogP contribution in [0, 0.1) is 0 Å². The Hall–Kier alpha value is -0.650. The lowest BCUT2D eigenvalue weighted by Gasteiger charge is -2.36. The van der Waals surface area contributed by atoms with E-state index < -0.39 is 0 Å². The van der Waals surface area contributed by atoms with E-state index in [-0.39, 0.29) is 6.04 Å². The standard InChI is InChI=1S/C15H29N3O2/c1-13(15(19)18-8-2-3-9-18)17-10-5-14(6-11-17)20-12-4-7-16/h13-14H,2-12,16H2,1H3. The number of hydrogen-bond acceptors (Lipinski definition) is 4. The molecule has 116 valence electrons. The van der Waals surface area contributed by atoms with E-state index in [1.165, 1.54) is 0 Å². The maximum atomic E-state index is 12.4. The van der Waals surface area contributed by atoms with E-state index in [4.69, 9.17) is 10.5 Å². The lowest BCUT2D eigenvalue weighted by Crippen LogP contribution is -2.50. The van der Waals surface area contributed by atoms with E-state index in [9.17, 15) is 4.79 Å². The summed E-state index contributed by atoms with van der Waals surface area (Å²) in [5.74, 6) is 0.310. The normalized spacial score (nSPS) is 23.2. The fraction of sp³-hybridized carbons (Fsp3) is 0.933. The predicted octanol–water partition coefficient (Wildman–Crippen LogP) is 0.827. The van der Waals surface area contributed by atoms with Crippen molar-refractivity contribution in [3.05, 3.63) is 0 Å². The molecular weight excluding hydrogens is 254 g/mol. The third-order valence-electron chi connectivity index (χ3n) is 4.50. The van der Waals surface area contributed by atoms with Crippen molar-refractivity contribution < 1.29 is 9.53 Å². The predicted molar refractivity (Wildman–Crippen MR) is 79.5 cm³/mol. The molecule has 0 aromatic heterocycles. The maximum absolute atomic E-state index is 12.4. The maximum Gasteiger partial charge on any atom is 0.239 e. The van der Waals surface area contributed by atoms with Crippen molar-refractivity contribution in [2.24, 2.45) is 5.73 Å². The van der Waals surface area contributed by atoms with Crippen LogP contribution in [0.5, 0.6) is 0 Å². The molecule has 2 fully saturated rings. The summed E-state index contributed by atoms with van der Waals surface area (Å²) in [6.45, 7) is 7.34. The number of hydrogen-bond donors (Lipinski definition) is 1. The average Bonchev–Trinajstić information content (AvgIpc) is 3.01. The third-order valence-corrected chi connectivity index (χ3v) is 4.50. The van der Waals surface area contributed by atoms with Gasteiger partial charge in [-0.05, 0) is 45.6 Å². The highest BCUT2D eigenvalue weighted by atomic mass is 16.5. The van der Waals surface area contributed by atoms with Crippen LogP contribution in [-0.4, -0.2) is 67.2 Å². The van der Waals surface area contributed by atoms with Gasteiger partial charge in [-0.1, -0.05) is 0 Å². The number of likely N-dealkylation sites (tertiary alicyclic amines) is 2. The van der Waals surface area contributed by atoms with Crippen LogP contribution in [0.3, 0.4) is 0 Å². The van der Waals surface area contributed by atoms with Gasteiger partial charge in [0.15, 0.2) is 0 Å². The zero-order valence-corrected chi connectivity index (χ0v) is 12.7. The highest BCUT2D eigenvalue weighted by Crippen LogP contribution is 2.18. The Bertz CT molecular complexity index is 297. The SMILES string of the molecule is CC(C(=O)N1CCCC1)N1CCC(OCCCN)CC1. The molecule has 1 amide bonds. The molecule has 2 saturated heterocycles. The minimum absolute atomic E-state index is 0.0260. The van der Waals surface area contributed by atoms with Crippen molar-refractivity contribution in [2.75, 3.05) is 39.3 Å². The number of rotatable bonds is 6. The number of amides is 1. The highest BCUT2D eigenvalue weighted by Gasteiger charge is 2.30. The Morgan fingerprint density at radius 3 is 2.50 bits per heavy atom. The average molecular weight is 283 g/mol. The van der Waals surface area contributed by atoms with Crippen molar-refractivity contribution >= 4 is 5.91 Å². The Morgan fingerprint density at radius 2 is 1.90 bits per heavy atom. The van der Waals surface area contributed by atoms with Crippen LogP contribution in [0.15, 0.2) is 0 Å². The Kier molecular flexibility index (Phi) is 6.26. The molecule has 5 nitrogen and oxygen atoms in total. The Morgan fingerprint density at radius 1 is 1.25 bits per heavy atom. The largest absolute Gasteiger partial charge is 0.378 e. The molecule has 0 aromatic rings. The van der Waals surface area contributed by atoms with Gasteiger partial charge in [-0.25, -0.2) is 0 Å². The molecule has 1 unspecified atom stereocenters. The van der Waals surface area contributed by atoms with Gasteiger partial charge in [0, 0.05) is 32.8 Å². The van der Waals surface area contributed by atoms with Crippen LogP contribution in [-0.2, 0) is 9.53 Å². The molecule has 2 heterocycles. The van der Waals surface area contributed by atoms with Gasteiger partial charge < -0.3 is 15.4 Å². The Labute approximate surface area is 122 Å². The van der Waals surface area contributed by atoms with Crippen molar-refractivity contribution in [3.63, 3.8) is 0 Å². The van der Waals surface area contributed by atoms with Crippen LogP contribution in [0.2, 0.25) is 0 Å². The van der Waals surface area contributed by atoms with Gasteiger partial charge in [0.25, 0.3) is 0 Å². The van der Waals surface area contributed by atoms with Gasteiger partial charge in [-0.2, -0.15) is 0 Å². The molecular formula is C15H29N3O2. The van der Waals surface area contributed by atoms with Crippen LogP contribution in [0.1, 0.15) is 39.0 Å². The third kappa shape index (κ3) is 4.17. The van der Waals surface area contributed by atoms with Crippen molar-refractivity contribution in [1.29, 1.82) is 0 Å². The Balaban J connectivity index is 1.71. The lowest BCUT2D eigenvalue weighted by atomic mass is 10.1. The first-order valence-electron chi connectivity index (χ1n) is 8.07. The summed E-state index contributed by atoms with van der Waals surface area (Å²) in [6.07, 6.45) is 5.67.